The zero-order valence-corrected chi connectivity index (χ0v) is 27.1. The SMILES string of the molecule is CCOC(=O)CCCCN(CCc1ccccc1OCc1c(C)cc(C(C)(C)C)cc1C)Cc1ccc(C(=O)OC)cc1. The second-order valence-corrected chi connectivity index (χ2v) is 12.2. The summed E-state index contributed by atoms with van der Waals surface area (Å²) in [6.45, 7) is 16.3. The molecule has 0 unspecified atom stereocenters. The van der Waals surface area contributed by atoms with Gasteiger partial charge in [-0.25, -0.2) is 4.79 Å². The highest BCUT2D eigenvalue weighted by Gasteiger charge is 2.17. The minimum absolute atomic E-state index is 0.107. The van der Waals surface area contributed by atoms with Crippen molar-refractivity contribution in [2.75, 3.05) is 26.8 Å². The third-order valence-electron chi connectivity index (χ3n) is 7.80. The van der Waals surface area contributed by atoms with E-state index in [9.17, 15) is 9.59 Å². The Kier molecular flexibility index (Phi) is 12.8. The number of carbonyl (C=O) groups excluding carboxylic acids is 2. The fraction of sp³-hybridized carbons (Fsp3) is 0.459. The van der Waals surface area contributed by atoms with Crippen molar-refractivity contribution < 1.29 is 23.8 Å². The molecule has 0 saturated carbocycles. The molecule has 0 saturated heterocycles. The summed E-state index contributed by atoms with van der Waals surface area (Å²) in [6, 6.07) is 20.4. The molecule has 0 atom stereocenters. The largest absolute Gasteiger partial charge is 0.489 e. The van der Waals surface area contributed by atoms with Crippen molar-refractivity contribution in [1.82, 2.24) is 4.90 Å². The molecule has 3 aromatic rings. The summed E-state index contributed by atoms with van der Waals surface area (Å²) in [6.07, 6.45) is 2.93. The van der Waals surface area contributed by atoms with Gasteiger partial charge in [0, 0.05) is 19.5 Å². The number of ether oxygens (including phenoxy) is 3. The molecule has 0 aliphatic rings. The van der Waals surface area contributed by atoms with Crippen LogP contribution in [0.25, 0.3) is 0 Å². The monoisotopic (exact) mass is 587 g/mol. The normalized spacial score (nSPS) is 11.4. The number of para-hydroxylation sites is 1. The zero-order chi connectivity index (χ0) is 31.4. The molecule has 0 fully saturated rings. The average molecular weight is 588 g/mol. The molecule has 6 nitrogen and oxygen atoms in total. The number of aryl methyl sites for hydroxylation is 2. The van der Waals surface area contributed by atoms with Gasteiger partial charge in [-0.2, -0.15) is 0 Å². The van der Waals surface area contributed by atoms with E-state index in [1.165, 1.54) is 34.9 Å². The van der Waals surface area contributed by atoms with E-state index in [1.54, 1.807) is 12.1 Å². The first-order valence-corrected chi connectivity index (χ1v) is 15.4. The number of carbonyl (C=O) groups is 2. The van der Waals surface area contributed by atoms with E-state index in [1.807, 2.05) is 25.1 Å². The van der Waals surface area contributed by atoms with Crippen LogP contribution >= 0.6 is 0 Å². The number of hydrogen-bond acceptors (Lipinski definition) is 6. The van der Waals surface area contributed by atoms with Gasteiger partial charge < -0.3 is 14.2 Å². The first kappa shape index (κ1) is 33.9. The van der Waals surface area contributed by atoms with Crippen molar-refractivity contribution in [3.05, 3.63) is 99.6 Å². The minimum atomic E-state index is -0.338. The van der Waals surface area contributed by atoms with Gasteiger partial charge in [-0.3, -0.25) is 9.69 Å². The lowest BCUT2D eigenvalue weighted by Crippen LogP contribution is -2.27. The minimum Gasteiger partial charge on any atom is -0.489 e. The third kappa shape index (κ3) is 10.5. The van der Waals surface area contributed by atoms with Crippen LogP contribution in [-0.4, -0.2) is 43.6 Å². The number of unbranched alkanes of at least 4 members (excludes halogenated alkanes) is 1. The molecule has 43 heavy (non-hydrogen) atoms. The van der Waals surface area contributed by atoms with Crippen molar-refractivity contribution in [2.24, 2.45) is 0 Å². The van der Waals surface area contributed by atoms with Crippen molar-refractivity contribution in [2.45, 2.75) is 85.8 Å². The molecule has 3 aromatic carbocycles. The summed E-state index contributed by atoms with van der Waals surface area (Å²) in [5.41, 5.74) is 8.03. The van der Waals surface area contributed by atoms with E-state index in [2.05, 4.69) is 69.9 Å². The maximum atomic E-state index is 11.9. The van der Waals surface area contributed by atoms with Crippen LogP contribution in [0, 0.1) is 13.8 Å². The third-order valence-corrected chi connectivity index (χ3v) is 7.80. The van der Waals surface area contributed by atoms with Gasteiger partial charge in [0.25, 0.3) is 0 Å². The van der Waals surface area contributed by atoms with E-state index in [-0.39, 0.29) is 17.4 Å². The highest BCUT2D eigenvalue weighted by molar-refractivity contribution is 5.89. The summed E-state index contributed by atoms with van der Waals surface area (Å²) < 4.78 is 16.4. The standard InChI is InChI=1S/C37H49NO5/c1-8-42-35(39)15-11-12-21-38(25-29-16-18-31(19-17-29)36(40)41-7)22-20-30-13-9-10-14-34(30)43-26-33-27(2)23-32(24-28(33)3)37(4,5)6/h9-10,13-14,16-19,23-24H,8,11-12,15,20-22,25-26H2,1-7H3. The van der Waals surface area contributed by atoms with Crippen molar-refractivity contribution in [3.63, 3.8) is 0 Å². The highest BCUT2D eigenvalue weighted by Crippen LogP contribution is 2.28. The number of rotatable bonds is 15. The van der Waals surface area contributed by atoms with Gasteiger partial charge in [-0.1, -0.05) is 63.2 Å². The zero-order valence-electron chi connectivity index (χ0n) is 27.1. The topological polar surface area (TPSA) is 65.1 Å². The predicted molar refractivity (Wildman–Crippen MR) is 173 cm³/mol. The lowest BCUT2D eigenvalue weighted by molar-refractivity contribution is -0.143. The van der Waals surface area contributed by atoms with E-state index in [4.69, 9.17) is 14.2 Å². The van der Waals surface area contributed by atoms with Gasteiger partial charge in [0.15, 0.2) is 0 Å². The lowest BCUT2D eigenvalue weighted by Gasteiger charge is -2.24. The van der Waals surface area contributed by atoms with Crippen molar-refractivity contribution in [1.29, 1.82) is 0 Å². The summed E-state index contributed by atoms with van der Waals surface area (Å²) in [7, 11) is 1.39. The Hall–Kier alpha value is -3.64. The fourth-order valence-electron chi connectivity index (χ4n) is 5.16. The highest BCUT2D eigenvalue weighted by atomic mass is 16.5. The maximum absolute atomic E-state index is 11.9. The Morgan fingerprint density at radius 3 is 2.19 bits per heavy atom. The smallest absolute Gasteiger partial charge is 0.337 e. The number of benzene rings is 3. The first-order chi connectivity index (χ1) is 20.5. The van der Waals surface area contributed by atoms with Gasteiger partial charge in [0.2, 0.25) is 0 Å². The number of methoxy groups -OCH3 is 1. The summed E-state index contributed by atoms with van der Waals surface area (Å²) in [5, 5.41) is 0. The summed E-state index contributed by atoms with van der Waals surface area (Å²) >= 11 is 0. The van der Waals surface area contributed by atoms with Gasteiger partial charge in [0.1, 0.15) is 12.4 Å². The van der Waals surface area contributed by atoms with E-state index >= 15 is 0 Å². The second-order valence-electron chi connectivity index (χ2n) is 12.2. The molecule has 0 bridgehead atoms. The Bertz CT molecular complexity index is 1320. The molecule has 3 rings (SSSR count). The van der Waals surface area contributed by atoms with Crippen LogP contribution in [-0.2, 0) is 39.3 Å². The quantitative estimate of drug-likeness (QED) is 0.134. The van der Waals surface area contributed by atoms with E-state index in [0.29, 0.717) is 25.2 Å². The molecule has 0 aliphatic heterocycles. The number of hydrogen-bond donors (Lipinski definition) is 0. The molecule has 0 heterocycles. The van der Waals surface area contributed by atoms with Gasteiger partial charge in [-0.05, 0) is 104 Å². The number of esters is 2. The number of nitrogens with zero attached hydrogens (tertiary/aromatic N) is 1. The molecular formula is C37H49NO5. The molecule has 0 radical (unpaired) electrons. The fourth-order valence-corrected chi connectivity index (χ4v) is 5.16. The van der Waals surface area contributed by atoms with Gasteiger partial charge in [-0.15, -0.1) is 0 Å². The second kappa shape index (κ2) is 16.3. The van der Waals surface area contributed by atoms with Crippen LogP contribution in [0.5, 0.6) is 5.75 Å². The first-order valence-electron chi connectivity index (χ1n) is 15.4. The lowest BCUT2D eigenvalue weighted by atomic mass is 9.84. The van der Waals surface area contributed by atoms with Gasteiger partial charge >= 0.3 is 11.9 Å². The summed E-state index contributed by atoms with van der Waals surface area (Å²) in [4.78, 5) is 26.1. The average Bonchev–Trinajstić information content (AvgIpc) is 2.97. The molecule has 0 spiro atoms. The van der Waals surface area contributed by atoms with Crippen molar-refractivity contribution in [3.8, 4) is 5.75 Å². The molecule has 0 aliphatic carbocycles. The van der Waals surface area contributed by atoms with Crippen LogP contribution in [0.3, 0.4) is 0 Å². The van der Waals surface area contributed by atoms with Gasteiger partial charge in [0.05, 0.1) is 19.3 Å². The summed E-state index contributed by atoms with van der Waals surface area (Å²) in [5.74, 6) is 0.428. The molecule has 0 N–H and O–H groups in total. The molecular weight excluding hydrogens is 538 g/mol. The molecule has 232 valence electrons. The van der Waals surface area contributed by atoms with Crippen LogP contribution < -0.4 is 4.74 Å². The van der Waals surface area contributed by atoms with Crippen LogP contribution in [0.1, 0.15) is 90.7 Å². The molecule has 0 aromatic heterocycles. The Morgan fingerprint density at radius 1 is 0.884 bits per heavy atom. The van der Waals surface area contributed by atoms with Crippen LogP contribution in [0.15, 0.2) is 60.7 Å². The molecule has 6 heteroatoms. The molecule has 0 amide bonds. The van der Waals surface area contributed by atoms with Crippen LogP contribution in [0.2, 0.25) is 0 Å². The van der Waals surface area contributed by atoms with E-state index in [0.717, 1.165) is 50.2 Å². The van der Waals surface area contributed by atoms with Crippen LogP contribution in [0.4, 0.5) is 0 Å². The Morgan fingerprint density at radius 2 is 1.56 bits per heavy atom. The Balaban J connectivity index is 1.69. The maximum Gasteiger partial charge on any atom is 0.337 e. The van der Waals surface area contributed by atoms with Crippen molar-refractivity contribution >= 4 is 11.9 Å². The van der Waals surface area contributed by atoms with E-state index < -0.39 is 0 Å². The Labute approximate surface area is 258 Å². The predicted octanol–water partition coefficient (Wildman–Crippen LogP) is 7.74.